The number of hydrogen-bond acceptors (Lipinski definition) is 6. The molecular formula is C17H23N5O3. The molecule has 0 aliphatic heterocycles. The first-order valence-electron chi connectivity index (χ1n) is 7.99. The molecule has 2 rings (SSSR count). The monoisotopic (exact) mass is 345 g/mol. The Morgan fingerprint density at radius 2 is 1.96 bits per heavy atom. The number of likely N-dealkylation sites (N-methyl/N-ethyl adjacent to an activating group) is 1. The average molecular weight is 345 g/mol. The number of aromatic amines is 1. The Bertz CT molecular complexity index is 737. The van der Waals surface area contributed by atoms with Crippen molar-refractivity contribution in [3.05, 3.63) is 41.2 Å². The van der Waals surface area contributed by atoms with Crippen molar-refractivity contribution in [2.45, 2.75) is 39.2 Å². The maximum atomic E-state index is 12.6. The molecule has 1 N–H and O–H groups in total. The Kier molecular flexibility index (Phi) is 5.51. The van der Waals surface area contributed by atoms with Crippen LogP contribution >= 0.6 is 0 Å². The summed E-state index contributed by atoms with van der Waals surface area (Å²) in [7, 11) is 1.69. The van der Waals surface area contributed by atoms with E-state index in [1.807, 2.05) is 6.92 Å². The van der Waals surface area contributed by atoms with Crippen molar-refractivity contribution >= 4 is 11.9 Å². The molecule has 0 spiro atoms. The number of amides is 1. The Balaban J connectivity index is 2.08. The Morgan fingerprint density at radius 1 is 1.28 bits per heavy atom. The van der Waals surface area contributed by atoms with Gasteiger partial charge in [-0.2, -0.15) is 5.21 Å². The molecule has 0 saturated carbocycles. The Hall–Kier alpha value is -2.77. The van der Waals surface area contributed by atoms with Gasteiger partial charge in [0.1, 0.15) is 5.60 Å². The lowest BCUT2D eigenvalue weighted by atomic mass is 10.1. The van der Waals surface area contributed by atoms with Crippen LogP contribution in [0.1, 0.15) is 60.2 Å². The van der Waals surface area contributed by atoms with E-state index < -0.39 is 11.6 Å². The molecule has 8 nitrogen and oxygen atoms in total. The van der Waals surface area contributed by atoms with Crippen molar-refractivity contribution < 1.29 is 14.3 Å². The van der Waals surface area contributed by atoms with Crippen LogP contribution in [0, 0.1) is 0 Å². The van der Waals surface area contributed by atoms with Gasteiger partial charge in [0.05, 0.1) is 5.56 Å². The number of carbonyl (C=O) groups is 2. The second-order valence-electron chi connectivity index (χ2n) is 6.94. The summed E-state index contributed by atoms with van der Waals surface area (Å²) < 4.78 is 5.34. The van der Waals surface area contributed by atoms with E-state index in [0.29, 0.717) is 23.5 Å². The van der Waals surface area contributed by atoms with Crippen LogP contribution < -0.4 is 0 Å². The molecule has 0 saturated heterocycles. The highest BCUT2D eigenvalue weighted by atomic mass is 16.6. The quantitative estimate of drug-likeness (QED) is 0.832. The maximum Gasteiger partial charge on any atom is 0.338 e. The smallest absolute Gasteiger partial charge is 0.338 e. The summed E-state index contributed by atoms with van der Waals surface area (Å²) in [5.74, 6) is -0.172. The fourth-order valence-corrected chi connectivity index (χ4v) is 2.29. The van der Waals surface area contributed by atoms with Crippen molar-refractivity contribution in [1.29, 1.82) is 0 Å². The highest BCUT2D eigenvalue weighted by molar-refractivity contribution is 5.97. The molecule has 0 aliphatic rings. The molecule has 1 unspecified atom stereocenters. The molecule has 0 fully saturated rings. The molecule has 1 aromatic heterocycles. The van der Waals surface area contributed by atoms with E-state index in [0.717, 1.165) is 0 Å². The van der Waals surface area contributed by atoms with Crippen LogP contribution in [0.25, 0.3) is 0 Å². The van der Waals surface area contributed by atoms with Gasteiger partial charge < -0.3 is 9.64 Å². The van der Waals surface area contributed by atoms with Gasteiger partial charge in [-0.05, 0) is 39.0 Å². The van der Waals surface area contributed by atoms with Crippen LogP contribution in [0.2, 0.25) is 0 Å². The van der Waals surface area contributed by atoms with E-state index in [-0.39, 0.29) is 11.8 Å². The fourth-order valence-electron chi connectivity index (χ4n) is 2.29. The molecule has 1 atom stereocenters. The average Bonchev–Trinajstić information content (AvgIpc) is 3.07. The van der Waals surface area contributed by atoms with E-state index in [1.165, 1.54) is 0 Å². The number of nitrogens with zero attached hydrogens (tertiary/aromatic N) is 4. The molecule has 1 amide bonds. The van der Waals surface area contributed by atoms with Crippen LogP contribution in [0.15, 0.2) is 24.3 Å². The lowest BCUT2D eigenvalue weighted by molar-refractivity contribution is 0.00695. The number of carbonyl (C=O) groups excluding carboxylic acids is 2. The largest absolute Gasteiger partial charge is 0.456 e. The number of esters is 1. The molecule has 0 radical (unpaired) electrons. The SMILES string of the molecule is CC(CN(C)C(=O)c1cccc(C(=O)OC(C)(C)C)c1)c1nn[nH]n1. The topological polar surface area (TPSA) is 101 Å². The van der Waals surface area contributed by atoms with Gasteiger partial charge in [0.2, 0.25) is 0 Å². The number of nitrogens with one attached hydrogen (secondary N) is 1. The fraction of sp³-hybridized carbons (Fsp3) is 0.471. The van der Waals surface area contributed by atoms with Crippen LogP contribution in [-0.2, 0) is 4.74 Å². The van der Waals surface area contributed by atoms with Crippen LogP contribution in [0.3, 0.4) is 0 Å². The van der Waals surface area contributed by atoms with Gasteiger partial charge in [-0.1, -0.05) is 18.2 Å². The first-order chi connectivity index (χ1) is 11.7. The van der Waals surface area contributed by atoms with Crippen LogP contribution in [0.4, 0.5) is 0 Å². The molecule has 1 heterocycles. The zero-order valence-corrected chi connectivity index (χ0v) is 15.1. The molecule has 0 aliphatic carbocycles. The van der Waals surface area contributed by atoms with E-state index in [9.17, 15) is 9.59 Å². The zero-order chi connectivity index (χ0) is 18.6. The molecule has 2 aromatic rings. The van der Waals surface area contributed by atoms with Crippen LogP contribution in [-0.4, -0.2) is 56.6 Å². The number of tetrazole rings is 1. The Morgan fingerprint density at radius 3 is 2.56 bits per heavy atom. The number of H-pyrrole nitrogens is 1. The van der Waals surface area contributed by atoms with Gasteiger partial charge in [0.15, 0.2) is 5.82 Å². The van der Waals surface area contributed by atoms with E-state index in [2.05, 4.69) is 20.6 Å². The summed E-state index contributed by atoms with van der Waals surface area (Å²) in [4.78, 5) is 26.3. The third kappa shape index (κ3) is 5.10. The summed E-state index contributed by atoms with van der Waals surface area (Å²) in [6, 6.07) is 6.52. The normalized spacial score (nSPS) is 12.5. The van der Waals surface area contributed by atoms with E-state index in [1.54, 1.807) is 57.0 Å². The lowest BCUT2D eigenvalue weighted by Crippen LogP contribution is -2.31. The first-order valence-corrected chi connectivity index (χ1v) is 7.99. The van der Waals surface area contributed by atoms with Crippen molar-refractivity contribution in [3.8, 4) is 0 Å². The minimum Gasteiger partial charge on any atom is -0.456 e. The second kappa shape index (κ2) is 7.42. The molecule has 8 heteroatoms. The van der Waals surface area contributed by atoms with Crippen molar-refractivity contribution in [1.82, 2.24) is 25.5 Å². The van der Waals surface area contributed by atoms with Gasteiger partial charge in [-0.25, -0.2) is 4.79 Å². The second-order valence-corrected chi connectivity index (χ2v) is 6.94. The minimum absolute atomic E-state index is 0.0678. The maximum absolute atomic E-state index is 12.6. The Labute approximate surface area is 146 Å². The van der Waals surface area contributed by atoms with Crippen molar-refractivity contribution in [3.63, 3.8) is 0 Å². The highest BCUT2D eigenvalue weighted by Crippen LogP contribution is 2.16. The summed E-state index contributed by atoms with van der Waals surface area (Å²) in [5, 5.41) is 13.8. The number of benzene rings is 1. The van der Waals surface area contributed by atoms with E-state index in [4.69, 9.17) is 4.74 Å². The predicted molar refractivity (Wildman–Crippen MR) is 91.2 cm³/mol. The van der Waals surface area contributed by atoms with Crippen molar-refractivity contribution in [2.24, 2.45) is 0 Å². The number of rotatable bonds is 5. The van der Waals surface area contributed by atoms with Gasteiger partial charge >= 0.3 is 5.97 Å². The van der Waals surface area contributed by atoms with Crippen LogP contribution in [0.5, 0.6) is 0 Å². The highest BCUT2D eigenvalue weighted by Gasteiger charge is 2.21. The lowest BCUT2D eigenvalue weighted by Gasteiger charge is -2.21. The standard InChI is InChI=1S/C17H23N5O3/c1-11(14-18-20-21-19-14)10-22(5)15(23)12-7-6-8-13(9-12)16(24)25-17(2,3)4/h6-9,11H,10H2,1-5H3,(H,18,19,20,21). The molecule has 0 bridgehead atoms. The van der Waals surface area contributed by atoms with Gasteiger partial charge in [0, 0.05) is 25.1 Å². The summed E-state index contributed by atoms with van der Waals surface area (Å²) in [6.45, 7) is 7.73. The summed E-state index contributed by atoms with van der Waals surface area (Å²) in [6.07, 6.45) is 0. The number of aromatic nitrogens is 4. The van der Waals surface area contributed by atoms with Gasteiger partial charge in [-0.15, -0.1) is 10.2 Å². The first kappa shape index (κ1) is 18.6. The molecular weight excluding hydrogens is 322 g/mol. The molecule has 134 valence electrons. The minimum atomic E-state index is -0.589. The van der Waals surface area contributed by atoms with Gasteiger partial charge in [-0.3, -0.25) is 4.79 Å². The molecule has 1 aromatic carbocycles. The molecule has 25 heavy (non-hydrogen) atoms. The van der Waals surface area contributed by atoms with Gasteiger partial charge in [0.25, 0.3) is 5.91 Å². The summed E-state index contributed by atoms with van der Waals surface area (Å²) in [5.41, 5.74) is 0.181. The predicted octanol–water partition coefficient (Wildman–Crippen LogP) is 2.03. The third-order valence-corrected chi connectivity index (χ3v) is 3.44. The zero-order valence-electron chi connectivity index (χ0n) is 15.1. The number of ether oxygens (including phenoxy) is 1. The third-order valence-electron chi connectivity index (χ3n) is 3.44. The van der Waals surface area contributed by atoms with Crippen molar-refractivity contribution in [2.75, 3.05) is 13.6 Å². The van der Waals surface area contributed by atoms with E-state index >= 15 is 0 Å². The summed E-state index contributed by atoms with van der Waals surface area (Å²) >= 11 is 0. The number of hydrogen-bond donors (Lipinski definition) is 1.